The van der Waals surface area contributed by atoms with Crippen LogP contribution in [0.5, 0.6) is 0 Å². The molecule has 0 aliphatic rings. The van der Waals surface area contributed by atoms with Crippen molar-refractivity contribution in [2.45, 2.75) is 59.2 Å². The van der Waals surface area contributed by atoms with Crippen molar-refractivity contribution in [2.75, 3.05) is 0 Å². The van der Waals surface area contributed by atoms with E-state index in [2.05, 4.69) is 88.1 Å². The van der Waals surface area contributed by atoms with Crippen molar-refractivity contribution in [1.82, 2.24) is 9.55 Å². The zero-order valence-electron chi connectivity index (χ0n) is 18.8. The zero-order chi connectivity index (χ0) is 21.9. The number of aromatic nitrogens is 2. The molecule has 0 saturated heterocycles. The molecule has 0 aliphatic heterocycles. The average Bonchev–Trinajstić information content (AvgIpc) is 3.14. The van der Waals surface area contributed by atoms with E-state index < -0.39 is 8.32 Å². The number of imidazole rings is 1. The molecule has 4 nitrogen and oxygen atoms in total. The number of carbonyl (C=O) groups is 1. The van der Waals surface area contributed by atoms with Gasteiger partial charge in [0, 0.05) is 19.2 Å². The lowest BCUT2D eigenvalue weighted by molar-refractivity contribution is 0.0997. The van der Waals surface area contributed by atoms with Gasteiger partial charge in [0.1, 0.15) is 0 Å². The molecule has 30 heavy (non-hydrogen) atoms. The summed E-state index contributed by atoms with van der Waals surface area (Å²) in [5.74, 6) is 0.464. The van der Waals surface area contributed by atoms with Crippen molar-refractivity contribution >= 4 is 24.5 Å². The van der Waals surface area contributed by atoms with Crippen molar-refractivity contribution in [3.8, 4) is 0 Å². The minimum Gasteiger partial charge on any atom is -0.401 e. The molecule has 158 valence electrons. The van der Waals surface area contributed by atoms with E-state index in [1.807, 2.05) is 22.9 Å². The highest BCUT2D eigenvalue weighted by Gasteiger charge is 2.50. The standard InChI is InChI=1S/C25H32N2O2Si/c1-19(2)27-17-21(26-24(27)20(3)28)18-29-30(25(4,5)6,22-13-9-7-10-14-22)23-15-11-8-12-16-23/h7-17,19H,18H2,1-6H3. The molecule has 0 radical (unpaired) electrons. The minimum atomic E-state index is -2.63. The summed E-state index contributed by atoms with van der Waals surface area (Å²) in [7, 11) is -2.63. The van der Waals surface area contributed by atoms with E-state index in [0.717, 1.165) is 5.69 Å². The third-order valence-electron chi connectivity index (χ3n) is 5.51. The van der Waals surface area contributed by atoms with Gasteiger partial charge in [-0.15, -0.1) is 0 Å². The second-order valence-electron chi connectivity index (χ2n) is 9.06. The van der Waals surface area contributed by atoms with Gasteiger partial charge >= 0.3 is 0 Å². The summed E-state index contributed by atoms with van der Waals surface area (Å²) in [6, 6.07) is 21.3. The number of benzene rings is 2. The van der Waals surface area contributed by atoms with Gasteiger partial charge in [0.2, 0.25) is 0 Å². The Bertz CT molecular complexity index is 949. The van der Waals surface area contributed by atoms with Crippen LogP contribution in [0, 0.1) is 0 Å². The lowest BCUT2D eigenvalue weighted by Crippen LogP contribution is -2.66. The third-order valence-corrected chi connectivity index (χ3v) is 10.5. The first-order chi connectivity index (χ1) is 14.2. The Morgan fingerprint density at radius 3 is 1.87 bits per heavy atom. The van der Waals surface area contributed by atoms with Crippen molar-refractivity contribution in [1.29, 1.82) is 0 Å². The predicted octanol–water partition coefficient (Wildman–Crippen LogP) is 4.74. The molecular formula is C25H32N2O2Si. The molecule has 0 spiro atoms. The molecule has 3 rings (SSSR count). The number of carbonyl (C=O) groups excluding carboxylic acids is 1. The maximum absolute atomic E-state index is 12.1. The van der Waals surface area contributed by atoms with Crippen LogP contribution in [0.1, 0.15) is 63.9 Å². The SMILES string of the molecule is CC(=O)c1nc(CO[Si](c2ccccc2)(c2ccccc2)C(C)(C)C)cn1C(C)C. The molecule has 0 amide bonds. The molecular weight excluding hydrogens is 388 g/mol. The second-order valence-corrected chi connectivity index (χ2v) is 13.4. The summed E-state index contributed by atoms with van der Waals surface area (Å²) < 4.78 is 8.87. The largest absolute Gasteiger partial charge is 0.401 e. The first kappa shape index (κ1) is 22.2. The van der Waals surface area contributed by atoms with Crippen LogP contribution in [0.25, 0.3) is 0 Å². The monoisotopic (exact) mass is 420 g/mol. The molecule has 1 aromatic heterocycles. The Kier molecular flexibility index (Phi) is 6.43. The van der Waals surface area contributed by atoms with Gasteiger partial charge in [-0.1, -0.05) is 81.4 Å². The van der Waals surface area contributed by atoms with E-state index in [1.54, 1.807) is 6.92 Å². The Morgan fingerprint density at radius 1 is 1.00 bits per heavy atom. The van der Waals surface area contributed by atoms with Gasteiger partial charge in [0.25, 0.3) is 8.32 Å². The minimum absolute atomic E-state index is 0.0274. The number of rotatable bonds is 7. The van der Waals surface area contributed by atoms with Gasteiger partial charge < -0.3 is 8.99 Å². The van der Waals surface area contributed by atoms with Crippen molar-refractivity contribution in [2.24, 2.45) is 0 Å². The second kappa shape index (κ2) is 8.70. The predicted molar refractivity (Wildman–Crippen MR) is 125 cm³/mol. The Labute approximate surface area is 181 Å². The van der Waals surface area contributed by atoms with E-state index in [9.17, 15) is 4.79 Å². The van der Waals surface area contributed by atoms with Crippen LogP contribution in [0.2, 0.25) is 5.04 Å². The molecule has 0 N–H and O–H groups in total. The molecule has 0 unspecified atom stereocenters. The number of Topliss-reactive ketones (excluding diaryl/α,β-unsaturated/α-hetero) is 1. The van der Waals surface area contributed by atoms with Crippen LogP contribution in [0.4, 0.5) is 0 Å². The molecule has 5 heteroatoms. The molecule has 0 bridgehead atoms. The fraction of sp³-hybridized carbons (Fsp3) is 0.360. The van der Waals surface area contributed by atoms with Crippen LogP contribution in [-0.4, -0.2) is 23.7 Å². The van der Waals surface area contributed by atoms with Crippen molar-refractivity contribution in [3.05, 3.63) is 78.4 Å². The summed E-state index contributed by atoms with van der Waals surface area (Å²) in [6.45, 7) is 12.8. The number of hydrogen-bond acceptors (Lipinski definition) is 3. The summed E-state index contributed by atoms with van der Waals surface area (Å²) in [6.07, 6.45) is 1.96. The van der Waals surface area contributed by atoms with Crippen LogP contribution in [-0.2, 0) is 11.0 Å². The van der Waals surface area contributed by atoms with E-state index in [1.165, 1.54) is 10.4 Å². The summed E-state index contributed by atoms with van der Waals surface area (Å²) in [4.78, 5) is 16.7. The average molecular weight is 421 g/mol. The van der Waals surface area contributed by atoms with Crippen LogP contribution in [0.3, 0.4) is 0 Å². The highest BCUT2D eigenvalue weighted by molar-refractivity contribution is 6.99. The molecule has 0 saturated carbocycles. The topological polar surface area (TPSA) is 44.1 Å². The van der Waals surface area contributed by atoms with Crippen LogP contribution >= 0.6 is 0 Å². The van der Waals surface area contributed by atoms with Gasteiger partial charge in [-0.25, -0.2) is 4.98 Å². The molecule has 0 atom stereocenters. The Balaban J connectivity index is 2.09. The first-order valence-corrected chi connectivity index (χ1v) is 12.4. The molecule has 1 heterocycles. The summed E-state index contributed by atoms with van der Waals surface area (Å²) in [5.41, 5.74) is 0.793. The summed E-state index contributed by atoms with van der Waals surface area (Å²) in [5, 5.41) is 2.37. The van der Waals surface area contributed by atoms with E-state index in [-0.39, 0.29) is 16.9 Å². The zero-order valence-corrected chi connectivity index (χ0v) is 19.8. The van der Waals surface area contributed by atoms with Gasteiger partial charge in [-0.2, -0.15) is 0 Å². The van der Waals surface area contributed by atoms with Crippen molar-refractivity contribution < 1.29 is 9.22 Å². The lowest BCUT2D eigenvalue weighted by atomic mass is 10.2. The quantitative estimate of drug-likeness (QED) is 0.409. The smallest absolute Gasteiger partial charge is 0.261 e. The maximum Gasteiger partial charge on any atom is 0.261 e. The molecule has 0 aliphatic carbocycles. The van der Waals surface area contributed by atoms with Gasteiger partial charge in [-0.05, 0) is 29.3 Å². The van der Waals surface area contributed by atoms with Crippen molar-refractivity contribution in [3.63, 3.8) is 0 Å². The van der Waals surface area contributed by atoms with Crippen LogP contribution in [0.15, 0.2) is 66.9 Å². The van der Waals surface area contributed by atoms with Crippen LogP contribution < -0.4 is 10.4 Å². The maximum atomic E-state index is 12.1. The van der Waals surface area contributed by atoms with Gasteiger partial charge in [0.05, 0.1) is 12.3 Å². The highest BCUT2D eigenvalue weighted by atomic mass is 28.4. The first-order valence-electron chi connectivity index (χ1n) is 10.5. The fourth-order valence-corrected chi connectivity index (χ4v) is 8.63. The Morgan fingerprint density at radius 2 is 1.50 bits per heavy atom. The molecule has 3 aromatic rings. The summed E-state index contributed by atoms with van der Waals surface area (Å²) >= 11 is 0. The number of ketones is 1. The number of hydrogen-bond donors (Lipinski definition) is 0. The Hall–Kier alpha value is -2.50. The number of nitrogens with zero attached hydrogens (tertiary/aromatic N) is 2. The molecule has 0 fully saturated rings. The van der Waals surface area contributed by atoms with Gasteiger partial charge in [-0.3, -0.25) is 4.79 Å². The van der Waals surface area contributed by atoms with E-state index >= 15 is 0 Å². The van der Waals surface area contributed by atoms with Gasteiger partial charge in [0.15, 0.2) is 11.6 Å². The lowest BCUT2D eigenvalue weighted by Gasteiger charge is -2.42. The normalized spacial score (nSPS) is 12.4. The van der Waals surface area contributed by atoms with E-state index in [4.69, 9.17) is 4.43 Å². The fourth-order valence-electron chi connectivity index (χ4n) is 4.11. The molecule has 2 aromatic carbocycles. The third kappa shape index (κ3) is 4.18. The highest BCUT2D eigenvalue weighted by Crippen LogP contribution is 2.37. The van der Waals surface area contributed by atoms with E-state index in [0.29, 0.717) is 12.4 Å².